The summed E-state index contributed by atoms with van der Waals surface area (Å²) in [5.74, 6) is 0.595. The molecule has 7 heteroatoms. The minimum Gasteiger partial charge on any atom is -0.505 e. The predicted octanol–water partition coefficient (Wildman–Crippen LogP) is 4.28. The number of carbonyl (C=O) groups excluding carboxylic acids is 1. The van der Waals surface area contributed by atoms with Gasteiger partial charge in [0.1, 0.15) is 0 Å². The van der Waals surface area contributed by atoms with E-state index in [1.807, 2.05) is 19.2 Å². The monoisotopic (exact) mass is 384 g/mol. The van der Waals surface area contributed by atoms with Gasteiger partial charge in [-0.15, -0.1) is 11.8 Å². The van der Waals surface area contributed by atoms with Crippen LogP contribution in [0.1, 0.15) is 12.0 Å². The summed E-state index contributed by atoms with van der Waals surface area (Å²) < 4.78 is 0. The van der Waals surface area contributed by atoms with E-state index in [1.54, 1.807) is 29.4 Å². The summed E-state index contributed by atoms with van der Waals surface area (Å²) in [5, 5.41) is 9.96. The minimum absolute atomic E-state index is 0.0903. The van der Waals surface area contributed by atoms with Gasteiger partial charge in [-0.3, -0.25) is 9.78 Å². The molecule has 4 nitrogen and oxygen atoms in total. The summed E-state index contributed by atoms with van der Waals surface area (Å²) in [6, 6.07) is 7.19. The van der Waals surface area contributed by atoms with E-state index in [-0.39, 0.29) is 21.7 Å². The molecule has 2 rings (SSSR count). The van der Waals surface area contributed by atoms with Crippen LogP contribution < -0.4 is 0 Å². The molecule has 0 aliphatic heterocycles. The number of amides is 1. The molecule has 0 radical (unpaired) electrons. The molecular weight excluding hydrogens is 367 g/mol. The predicted molar refractivity (Wildman–Crippen MR) is 99.0 cm³/mol. The topological polar surface area (TPSA) is 53.4 Å². The van der Waals surface area contributed by atoms with Crippen LogP contribution in [0.25, 0.3) is 0 Å². The third-order valence-corrected chi connectivity index (χ3v) is 5.04. The van der Waals surface area contributed by atoms with Crippen LogP contribution >= 0.6 is 35.0 Å². The molecule has 0 atom stereocenters. The lowest BCUT2D eigenvalue weighted by Crippen LogP contribution is -2.29. The molecule has 1 N–H and O–H groups in total. The first-order chi connectivity index (χ1) is 11.5. The zero-order valence-electron chi connectivity index (χ0n) is 13.2. The number of aromatic hydroxyl groups is 1. The molecule has 0 unspecified atom stereocenters. The van der Waals surface area contributed by atoms with E-state index in [0.29, 0.717) is 18.7 Å². The number of halogens is 2. The highest BCUT2D eigenvalue weighted by molar-refractivity contribution is 7.99. The minimum atomic E-state index is -0.116. The van der Waals surface area contributed by atoms with E-state index in [0.717, 1.165) is 16.9 Å². The highest BCUT2D eigenvalue weighted by Gasteiger charge is 2.11. The zero-order valence-corrected chi connectivity index (χ0v) is 15.5. The summed E-state index contributed by atoms with van der Waals surface area (Å²) in [7, 11) is 1.81. The lowest BCUT2D eigenvalue weighted by atomic mass is 10.2. The Morgan fingerprint density at radius 2 is 1.88 bits per heavy atom. The Hall–Kier alpha value is -1.43. The highest BCUT2D eigenvalue weighted by Crippen LogP contribution is 2.36. The van der Waals surface area contributed by atoms with Crippen molar-refractivity contribution in [2.45, 2.75) is 17.7 Å². The second-order valence-electron chi connectivity index (χ2n) is 5.25. The maximum Gasteiger partial charge on any atom is 0.223 e. The van der Waals surface area contributed by atoms with Gasteiger partial charge in [-0.25, -0.2) is 0 Å². The van der Waals surface area contributed by atoms with E-state index in [1.165, 1.54) is 11.8 Å². The Morgan fingerprint density at radius 1 is 1.25 bits per heavy atom. The van der Waals surface area contributed by atoms with Gasteiger partial charge in [0.05, 0.1) is 10.0 Å². The van der Waals surface area contributed by atoms with Crippen LogP contribution in [0.3, 0.4) is 0 Å². The molecule has 2 aromatic rings. The largest absolute Gasteiger partial charge is 0.505 e. The Morgan fingerprint density at radius 3 is 2.50 bits per heavy atom. The maximum absolute atomic E-state index is 12.2. The van der Waals surface area contributed by atoms with Gasteiger partial charge < -0.3 is 10.0 Å². The summed E-state index contributed by atoms with van der Waals surface area (Å²) in [4.78, 5) is 18.7. The van der Waals surface area contributed by atoms with Crippen molar-refractivity contribution in [3.63, 3.8) is 0 Å². The first-order valence-corrected chi connectivity index (χ1v) is 9.15. The third-order valence-electron chi connectivity index (χ3n) is 3.49. The van der Waals surface area contributed by atoms with Gasteiger partial charge in [0.2, 0.25) is 5.91 Å². The number of hydrogen-bond donors (Lipinski definition) is 1. The molecule has 0 saturated carbocycles. The third kappa shape index (κ3) is 5.58. The van der Waals surface area contributed by atoms with Crippen LogP contribution in [0.15, 0.2) is 41.6 Å². The van der Waals surface area contributed by atoms with Gasteiger partial charge in [0.25, 0.3) is 0 Å². The van der Waals surface area contributed by atoms with Crippen LogP contribution in [0.4, 0.5) is 0 Å². The quantitative estimate of drug-likeness (QED) is 0.723. The number of likely N-dealkylation sites (N-methyl/N-ethyl adjacent to an activating group) is 1. The SMILES string of the molecule is CN(CCc1ccncc1)C(=O)CCSc1cc(Cl)c(O)c(Cl)c1. The Kier molecular flexibility index (Phi) is 7.21. The Balaban J connectivity index is 1.76. The molecule has 1 aromatic heterocycles. The molecule has 24 heavy (non-hydrogen) atoms. The van der Waals surface area contributed by atoms with E-state index >= 15 is 0 Å². The van der Waals surface area contributed by atoms with Crippen molar-refractivity contribution in [1.82, 2.24) is 9.88 Å². The van der Waals surface area contributed by atoms with E-state index in [4.69, 9.17) is 23.2 Å². The number of phenols is 1. The molecule has 0 spiro atoms. The van der Waals surface area contributed by atoms with E-state index in [9.17, 15) is 9.90 Å². The number of phenolic OH excluding ortho intramolecular Hbond substituents is 1. The number of pyridine rings is 1. The van der Waals surface area contributed by atoms with Crippen molar-refractivity contribution in [1.29, 1.82) is 0 Å². The molecule has 0 aliphatic rings. The van der Waals surface area contributed by atoms with Crippen molar-refractivity contribution in [3.8, 4) is 5.75 Å². The summed E-state index contributed by atoms with van der Waals surface area (Å²) in [5.41, 5.74) is 1.16. The number of nitrogens with zero attached hydrogens (tertiary/aromatic N) is 2. The number of aromatic nitrogens is 1. The van der Waals surface area contributed by atoms with Crippen molar-refractivity contribution in [2.75, 3.05) is 19.3 Å². The van der Waals surface area contributed by atoms with Crippen molar-refractivity contribution in [2.24, 2.45) is 0 Å². The summed E-state index contributed by atoms with van der Waals surface area (Å²) in [6.45, 7) is 0.671. The molecule has 1 heterocycles. The lowest BCUT2D eigenvalue weighted by molar-refractivity contribution is -0.129. The van der Waals surface area contributed by atoms with Gasteiger partial charge in [0, 0.05) is 43.1 Å². The lowest BCUT2D eigenvalue weighted by Gasteiger charge is -2.17. The average Bonchev–Trinajstić information content (AvgIpc) is 2.58. The van der Waals surface area contributed by atoms with Crippen LogP contribution in [0.5, 0.6) is 5.75 Å². The molecule has 128 valence electrons. The fourth-order valence-corrected chi connectivity index (χ4v) is 3.57. The van der Waals surface area contributed by atoms with Crippen LogP contribution in [-0.4, -0.2) is 40.2 Å². The van der Waals surface area contributed by atoms with Gasteiger partial charge >= 0.3 is 0 Å². The summed E-state index contributed by atoms with van der Waals surface area (Å²) in [6.07, 6.45) is 4.73. The second-order valence-corrected chi connectivity index (χ2v) is 7.24. The molecule has 0 aliphatic carbocycles. The molecule has 1 amide bonds. The summed E-state index contributed by atoms with van der Waals surface area (Å²) >= 11 is 13.2. The van der Waals surface area contributed by atoms with Crippen molar-refractivity contribution < 1.29 is 9.90 Å². The number of thioether (sulfide) groups is 1. The smallest absolute Gasteiger partial charge is 0.223 e. The van der Waals surface area contributed by atoms with Gasteiger partial charge in [0.15, 0.2) is 5.75 Å². The Bertz CT molecular complexity index is 675. The number of benzene rings is 1. The van der Waals surface area contributed by atoms with Gasteiger partial charge in [-0.1, -0.05) is 23.2 Å². The Labute approximate surface area is 155 Å². The van der Waals surface area contributed by atoms with Crippen LogP contribution in [0, 0.1) is 0 Å². The number of hydrogen-bond acceptors (Lipinski definition) is 4. The number of carbonyl (C=O) groups is 1. The first-order valence-electron chi connectivity index (χ1n) is 7.41. The van der Waals surface area contributed by atoms with Gasteiger partial charge in [-0.2, -0.15) is 0 Å². The maximum atomic E-state index is 12.2. The molecule has 0 bridgehead atoms. The molecular formula is C17H18Cl2N2O2S. The average molecular weight is 385 g/mol. The zero-order chi connectivity index (χ0) is 17.5. The van der Waals surface area contributed by atoms with E-state index in [2.05, 4.69) is 4.98 Å². The molecule has 0 saturated heterocycles. The standard InChI is InChI=1S/C17H18Cl2N2O2S/c1-21(8-4-12-2-6-20-7-3-12)16(22)5-9-24-13-10-14(18)17(23)15(19)11-13/h2-3,6-7,10-11,23H,4-5,8-9H2,1H3. The molecule has 1 aromatic carbocycles. The number of rotatable bonds is 7. The fraction of sp³-hybridized carbons (Fsp3) is 0.294. The molecule has 0 fully saturated rings. The van der Waals surface area contributed by atoms with Gasteiger partial charge in [-0.05, 0) is 36.2 Å². The van der Waals surface area contributed by atoms with Crippen LogP contribution in [0.2, 0.25) is 10.0 Å². The van der Waals surface area contributed by atoms with E-state index < -0.39 is 0 Å². The van der Waals surface area contributed by atoms with Crippen molar-refractivity contribution in [3.05, 3.63) is 52.3 Å². The fourth-order valence-electron chi connectivity index (χ4n) is 2.04. The normalized spacial score (nSPS) is 10.6. The van der Waals surface area contributed by atoms with Crippen LogP contribution in [-0.2, 0) is 11.2 Å². The van der Waals surface area contributed by atoms with Crippen molar-refractivity contribution >= 4 is 40.9 Å². The highest BCUT2D eigenvalue weighted by atomic mass is 35.5. The first kappa shape index (κ1) is 18.9. The second kappa shape index (κ2) is 9.16.